The summed E-state index contributed by atoms with van der Waals surface area (Å²) >= 11 is 0. The number of aliphatic carboxylic acids is 1. The van der Waals surface area contributed by atoms with Crippen molar-refractivity contribution >= 4 is 17.8 Å². The molecule has 1 aromatic rings. The molecule has 0 bridgehead atoms. The number of nitrogens with zero attached hydrogens (tertiary/aromatic N) is 1. The van der Waals surface area contributed by atoms with E-state index in [2.05, 4.69) is 5.32 Å². The summed E-state index contributed by atoms with van der Waals surface area (Å²) in [5.74, 6) is -1.88. The molecule has 6 heteroatoms. The maximum Gasteiger partial charge on any atom is 0.308 e. The molecule has 1 rings (SSSR count). The van der Waals surface area contributed by atoms with Gasteiger partial charge < -0.3 is 15.3 Å². The highest BCUT2D eigenvalue weighted by Gasteiger charge is 2.20. The molecule has 1 atom stereocenters. The number of hydrogen-bond donors (Lipinski definition) is 2. The first-order valence-corrected chi connectivity index (χ1v) is 7.55. The summed E-state index contributed by atoms with van der Waals surface area (Å²) in [5.41, 5.74) is 0.756. The van der Waals surface area contributed by atoms with Gasteiger partial charge in [0.25, 0.3) is 11.8 Å². The van der Waals surface area contributed by atoms with E-state index in [4.69, 9.17) is 0 Å². The highest BCUT2D eigenvalue weighted by molar-refractivity contribution is 5.99. The number of carbonyl (C=O) groups excluding carboxylic acids is 2. The zero-order valence-electron chi connectivity index (χ0n) is 14.0. The molecule has 0 aromatic heterocycles. The third-order valence-electron chi connectivity index (χ3n) is 3.39. The summed E-state index contributed by atoms with van der Waals surface area (Å²) in [6.45, 7) is 3.94. The fraction of sp³-hybridized carbons (Fsp3) is 0.471. The summed E-state index contributed by atoms with van der Waals surface area (Å²) in [6, 6.07) is 6.38. The van der Waals surface area contributed by atoms with Gasteiger partial charge in [-0.15, -0.1) is 0 Å². The van der Waals surface area contributed by atoms with Gasteiger partial charge in [0.2, 0.25) is 0 Å². The van der Waals surface area contributed by atoms with E-state index in [0.717, 1.165) is 0 Å². The van der Waals surface area contributed by atoms with Crippen LogP contribution in [0.15, 0.2) is 24.3 Å². The molecule has 0 saturated carbocycles. The van der Waals surface area contributed by atoms with E-state index in [1.807, 2.05) is 13.8 Å². The van der Waals surface area contributed by atoms with Gasteiger partial charge in [-0.05, 0) is 30.5 Å². The van der Waals surface area contributed by atoms with Crippen molar-refractivity contribution < 1.29 is 19.5 Å². The summed E-state index contributed by atoms with van der Waals surface area (Å²) in [4.78, 5) is 36.7. The van der Waals surface area contributed by atoms with Gasteiger partial charge in [0.15, 0.2) is 0 Å². The summed E-state index contributed by atoms with van der Waals surface area (Å²) in [6.07, 6.45) is 0.495. The van der Waals surface area contributed by atoms with Gasteiger partial charge in [0, 0.05) is 31.8 Å². The summed E-state index contributed by atoms with van der Waals surface area (Å²) < 4.78 is 0. The molecular formula is C17H24N2O4. The fourth-order valence-corrected chi connectivity index (χ4v) is 2.21. The third kappa shape index (κ3) is 5.73. The molecule has 2 N–H and O–H groups in total. The van der Waals surface area contributed by atoms with E-state index < -0.39 is 11.9 Å². The van der Waals surface area contributed by atoms with Crippen molar-refractivity contribution in [3.8, 4) is 0 Å². The van der Waals surface area contributed by atoms with Crippen LogP contribution in [-0.4, -0.2) is 48.4 Å². The van der Waals surface area contributed by atoms with Crippen LogP contribution < -0.4 is 5.32 Å². The van der Waals surface area contributed by atoms with E-state index in [9.17, 15) is 19.5 Å². The Morgan fingerprint density at radius 2 is 1.78 bits per heavy atom. The quantitative estimate of drug-likeness (QED) is 0.803. The standard InChI is InChI=1S/C17H24N2O4/c1-11(2)8-14(17(22)23)10-18-15(20)12-6-5-7-13(9-12)16(21)19(3)4/h5-7,9,11,14H,8,10H2,1-4H3,(H,18,20)(H,22,23). The highest BCUT2D eigenvalue weighted by atomic mass is 16.4. The van der Waals surface area contributed by atoms with Crippen molar-refractivity contribution in [3.63, 3.8) is 0 Å². The minimum atomic E-state index is -0.921. The van der Waals surface area contributed by atoms with Crippen LogP contribution in [0.25, 0.3) is 0 Å². The van der Waals surface area contributed by atoms with Crippen LogP contribution in [-0.2, 0) is 4.79 Å². The number of nitrogens with one attached hydrogen (secondary N) is 1. The minimum Gasteiger partial charge on any atom is -0.481 e. The van der Waals surface area contributed by atoms with Gasteiger partial charge in [0.05, 0.1) is 5.92 Å². The Morgan fingerprint density at radius 1 is 1.17 bits per heavy atom. The number of rotatable bonds is 7. The zero-order valence-corrected chi connectivity index (χ0v) is 14.0. The third-order valence-corrected chi connectivity index (χ3v) is 3.39. The van der Waals surface area contributed by atoms with Crippen molar-refractivity contribution in [2.75, 3.05) is 20.6 Å². The van der Waals surface area contributed by atoms with E-state index in [1.165, 1.54) is 11.0 Å². The predicted octanol–water partition coefficient (Wildman–Crippen LogP) is 1.87. The van der Waals surface area contributed by atoms with Gasteiger partial charge in [-0.3, -0.25) is 14.4 Å². The largest absolute Gasteiger partial charge is 0.481 e. The van der Waals surface area contributed by atoms with Gasteiger partial charge >= 0.3 is 5.97 Å². The molecule has 1 aromatic carbocycles. The van der Waals surface area contributed by atoms with Crippen LogP contribution in [0.3, 0.4) is 0 Å². The number of carboxylic acid groups (broad SMARTS) is 1. The first kappa shape index (κ1) is 18.7. The molecule has 23 heavy (non-hydrogen) atoms. The minimum absolute atomic E-state index is 0.0677. The second-order valence-corrected chi connectivity index (χ2v) is 6.16. The number of carbonyl (C=O) groups is 3. The van der Waals surface area contributed by atoms with Crippen LogP contribution in [0.5, 0.6) is 0 Å². The Bertz CT molecular complexity index is 582. The lowest BCUT2D eigenvalue weighted by atomic mass is 9.97. The molecule has 1 unspecified atom stereocenters. The molecular weight excluding hydrogens is 296 g/mol. The second kappa shape index (κ2) is 8.31. The van der Waals surface area contributed by atoms with Crippen LogP contribution >= 0.6 is 0 Å². The Kier molecular flexibility index (Phi) is 6.75. The molecule has 0 heterocycles. The first-order valence-electron chi connectivity index (χ1n) is 7.55. The lowest BCUT2D eigenvalue weighted by Gasteiger charge is -2.16. The first-order chi connectivity index (χ1) is 10.7. The highest BCUT2D eigenvalue weighted by Crippen LogP contribution is 2.12. The lowest BCUT2D eigenvalue weighted by Crippen LogP contribution is -2.33. The molecule has 0 aliphatic heterocycles. The Balaban J connectivity index is 2.76. The van der Waals surface area contributed by atoms with Crippen molar-refractivity contribution in [1.29, 1.82) is 0 Å². The molecule has 126 valence electrons. The number of benzene rings is 1. The zero-order chi connectivity index (χ0) is 17.6. The van der Waals surface area contributed by atoms with Crippen molar-refractivity contribution in [2.45, 2.75) is 20.3 Å². The van der Waals surface area contributed by atoms with Crippen LogP contribution in [0.1, 0.15) is 41.0 Å². The predicted molar refractivity (Wildman–Crippen MR) is 87.4 cm³/mol. The lowest BCUT2D eigenvalue weighted by molar-refractivity contribution is -0.142. The molecule has 0 aliphatic rings. The van der Waals surface area contributed by atoms with Crippen molar-refractivity contribution in [2.24, 2.45) is 11.8 Å². The molecule has 0 radical (unpaired) electrons. The van der Waals surface area contributed by atoms with E-state index in [0.29, 0.717) is 17.5 Å². The monoisotopic (exact) mass is 320 g/mol. The fourth-order valence-electron chi connectivity index (χ4n) is 2.21. The Labute approximate surface area is 136 Å². The molecule has 0 fully saturated rings. The van der Waals surface area contributed by atoms with Crippen LogP contribution in [0, 0.1) is 11.8 Å². The van der Waals surface area contributed by atoms with Crippen LogP contribution in [0.4, 0.5) is 0 Å². The topological polar surface area (TPSA) is 86.7 Å². The second-order valence-electron chi connectivity index (χ2n) is 6.16. The van der Waals surface area contributed by atoms with E-state index in [-0.39, 0.29) is 24.3 Å². The molecule has 0 saturated heterocycles. The van der Waals surface area contributed by atoms with Gasteiger partial charge in [-0.2, -0.15) is 0 Å². The number of amides is 2. The maximum absolute atomic E-state index is 12.2. The van der Waals surface area contributed by atoms with E-state index >= 15 is 0 Å². The maximum atomic E-state index is 12.2. The Morgan fingerprint density at radius 3 is 2.30 bits per heavy atom. The summed E-state index contributed by atoms with van der Waals surface area (Å²) in [7, 11) is 3.27. The SMILES string of the molecule is CC(C)CC(CNC(=O)c1cccc(C(=O)N(C)C)c1)C(=O)O. The summed E-state index contributed by atoms with van der Waals surface area (Å²) in [5, 5.41) is 11.8. The molecule has 6 nitrogen and oxygen atoms in total. The van der Waals surface area contributed by atoms with Gasteiger partial charge in [-0.1, -0.05) is 19.9 Å². The van der Waals surface area contributed by atoms with Crippen molar-refractivity contribution in [3.05, 3.63) is 35.4 Å². The van der Waals surface area contributed by atoms with Crippen molar-refractivity contribution in [1.82, 2.24) is 10.2 Å². The van der Waals surface area contributed by atoms with E-state index in [1.54, 1.807) is 32.3 Å². The molecule has 0 aliphatic carbocycles. The van der Waals surface area contributed by atoms with Gasteiger partial charge in [0.1, 0.15) is 0 Å². The average molecular weight is 320 g/mol. The number of carboxylic acids is 1. The average Bonchev–Trinajstić information content (AvgIpc) is 2.49. The smallest absolute Gasteiger partial charge is 0.308 e. The van der Waals surface area contributed by atoms with Gasteiger partial charge in [-0.25, -0.2) is 0 Å². The normalized spacial score (nSPS) is 11.9. The molecule has 2 amide bonds. The molecule has 0 spiro atoms. The van der Waals surface area contributed by atoms with Crippen LogP contribution in [0.2, 0.25) is 0 Å². The number of hydrogen-bond acceptors (Lipinski definition) is 3. The Hall–Kier alpha value is -2.37.